The standard InChI is InChI=1S/C15H30O8P2/c1-6-20-24(17,21-7-2)15(12-10-11-13-19-14(5)16)25(18,22-8-3)23-9-4/h10-11,15H,6-9,12-13H2,1-5H3/b11-10+. The predicted octanol–water partition coefficient (Wildman–Crippen LogP) is 4.35. The summed E-state index contributed by atoms with van der Waals surface area (Å²) in [5.41, 5.74) is 0. The summed E-state index contributed by atoms with van der Waals surface area (Å²) < 4.78 is 52.6. The molecule has 0 fully saturated rings. The van der Waals surface area contributed by atoms with Crippen molar-refractivity contribution in [2.24, 2.45) is 0 Å². The van der Waals surface area contributed by atoms with Gasteiger partial charge in [0.25, 0.3) is 0 Å². The van der Waals surface area contributed by atoms with E-state index in [1.54, 1.807) is 39.8 Å². The molecule has 0 aromatic rings. The van der Waals surface area contributed by atoms with Gasteiger partial charge in [0.05, 0.1) is 26.4 Å². The Morgan fingerprint density at radius 3 is 1.56 bits per heavy atom. The Kier molecular flexibility index (Phi) is 12.5. The molecule has 0 atom stereocenters. The van der Waals surface area contributed by atoms with E-state index in [1.807, 2.05) is 0 Å². The first kappa shape index (κ1) is 24.5. The van der Waals surface area contributed by atoms with Crippen molar-refractivity contribution in [3.05, 3.63) is 12.2 Å². The lowest BCUT2D eigenvalue weighted by atomic mass is 10.4. The van der Waals surface area contributed by atoms with E-state index >= 15 is 0 Å². The van der Waals surface area contributed by atoms with Gasteiger partial charge in [-0.1, -0.05) is 12.2 Å². The van der Waals surface area contributed by atoms with E-state index in [-0.39, 0.29) is 39.5 Å². The van der Waals surface area contributed by atoms with Crippen LogP contribution < -0.4 is 0 Å². The average molecular weight is 400 g/mol. The van der Waals surface area contributed by atoms with Crippen molar-refractivity contribution in [3.8, 4) is 0 Å². The zero-order chi connectivity index (χ0) is 19.3. The summed E-state index contributed by atoms with van der Waals surface area (Å²) in [6, 6.07) is 0. The molecule has 10 heteroatoms. The summed E-state index contributed by atoms with van der Waals surface area (Å²) in [4.78, 5) is 10.8. The molecule has 0 saturated heterocycles. The van der Waals surface area contributed by atoms with Crippen LogP contribution in [-0.4, -0.2) is 44.4 Å². The second-order valence-electron chi connectivity index (χ2n) is 4.74. The van der Waals surface area contributed by atoms with Crippen molar-refractivity contribution >= 4 is 21.2 Å². The number of rotatable bonds is 14. The Balaban J connectivity index is 5.57. The van der Waals surface area contributed by atoms with Gasteiger partial charge in [-0.25, -0.2) is 0 Å². The van der Waals surface area contributed by atoms with Gasteiger partial charge in [-0.2, -0.15) is 0 Å². The SMILES string of the molecule is CCOP(=O)(OCC)C(C/C=C/COC(C)=O)P(=O)(OCC)OCC. The summed E-state index contributed by atoms with van der Waals surface area (Å²) in [5, 5.41) is -1.10. The highest BCUT2D eigenvalue weighted by Gasteiger charge is 2.49. The van der Waals surface area contributed by atoms with Crippen molar-refractivity contribution in [3.63, 3.8) is 0 Å². The summed E-state index contributed by atoms with van der Waals surface area (Å²) in [6.07, 6.45) is 3.23. The average Bonchev–Trinajstić information content (AvgIpc) is 2.51. The Morgan fingerprint density at radius 2 is 1.24 bits per heavy atom. The van der Waals surface area contributed by atoms with Gasteiger partial charge in [0.15, 0.2) is 5.40 Å². The van der Waals surface area contributed by atoms with Crippen molar-refractivity contribution in [1.29, 1.82) is 0 Å². The van der Waals surface area contributed by atoms with Gasteiger partial charge in [0.1, 0.15) is 6.61 Å². The number of carbonyl (C=O) groups is 1. The Morgan fingerprint density at radius 1 is 0.840 bits per heavy atom. The monoisotopic (exact) mass is 400 g/mol. The molecule has 25 heavy (non-hydrogen) atoms. The van der Waals surface area contributed by atoms with Crippen LogP contribution >= 0.6 is 15.2 Å². The van der Waals surface area contributed by atoms with E-state index in [2.05, 4.69) is 0 Å². The third-order valence-corrected chi connectivity index (χ3v) is 8.91. The molecular weight excluding hydrogens is 370 g/mol. The molecule has 8 nitrogen and oxygen atoms in total. The zero-order valence-electron chi connectivity index (χ0n) is 15.6. The van der Waals surface area contributed by atoms with Gasteiger partial charge < -0.3 is 22.8 Å². The summed E-state index contributed by atoms with van der Waals surface area (Å²) >= 11 is 0. The van der Waals surface area contributed by atoms with Crippen molar-refractivity contribution < 1.29 is 36.8 Å². The van der Waals surface area contributed by atoms with Crippen LogP contribution in [-0.2, 0) is 36.8 Å². The minimum Gasteiger partial charge on any atom is -0.462 e. The second kappa shape index (κ2) is 12.8. The fourth-order valence-electron chi connectivity index (χ4n) is 2.02. The van der Waals surface area contributed by atoms with Gasteiger partial charge in [-0.15, -0.1) is 0 Å². The fourth-order valence-corrected chi connectivity index (χ4v) is 7.24. The lowest BCUT2D eigenvalue weighted by molar-refractivity contribution is -0.139. The zero-order valence-corrected chi connectivity index (χ0v) is 17.4. The van der Waals surface area contributed by atoms with Crippen molar-refractivity contribution in [2.45, 2.75) is 46.4 Å². The van der Waals surface area contributed by atoms with E-state index < -0.39 is 26.6 Å². The molecule has 0 aliphatic rings. The lowest BCUT2D eigenvalue weighted by Crippen LogP contribution is -2.17. The van der Waals surface area contributed by atoms with E-state index in [0.717, 1.165) is 0 Å². The molecule has 0 bridgehead atoms. The molecule has 0 saturated carbocycles. The van der Waals surface area contributed by atoms with Gasteiger partial charge in [-0.05, 0) is 34.1 Å². The second-order valence-corrected chi connectivity index (χ2v) is 9.59. The molecule has 0 radical (unpaired) electrons. The smallest absolute Gasteiger partial charge is 0.346 e. The first-order chi connectivity index (χ1) is 11.8. The Bertz CT molecular complexity index is 456. The van der Waals surface area contributed by atoms with E-state index in [4.69, 9.17) is 22.8 Å². The molecule has 0 heterocycles. The topological polar surface area (TPSA) is 97.4 Å². The minimum atomic E-state index is -3.75. The molecule has 148 valence electrons. The van der Waals surface area contributed by atoms with Crippen LogP contribution in [0.4, 0.5) is 0 Å². The van der Waals surface area contributed by atoms with Crippen LogP contribution in [0.3, 0.4) is 0 Å². The molecule has 0 aliphatic carbocycles. The first-order valence-electron chi connectivity index (χ1n) is 8.35. The van der Waals surface area contributed by atoms with Crippen molar-refractivity contribution in [1.82, 2.24) is 0 Å². The van der Waals surface area contributed by atoms with Gasteiger partial charge in [-0.3, -0.25) is 13.9 Å². The molecule has 0 N–H and O–H groups in total. The first-order valence-corrected chi connectivity index (χ1v) is 11.6. The quantitative estimate of drug-likeness (QED) is 0.241. The van der Waals surface area contributed by atoms with Gasteiger partial charge in [0.2, 0.25) is 0 Å². The normalized spacial score (nSPS) is 12.9. The number of hydrogen-bond donors (Lipinski definition) is 0. The Labute approximate surface area is 150 Å². The maximum Gasteiger partial charge on any atom is 0.346 e. The molecule has 0 aromatic heterocycles. The molecule has 0 rings (SSSR count). The van der Waals surface area contributed by atoms with Crippen LogP contribution in [0.5, 0.6) is 0 Å². The maximum atomic E-state index is 13.2. The predicted molar refractivity (Wildman–Crippen MR) is 95.9 cm³/mol. The maximum absolute atomic E-state index is 13.2. The highest BCUT2D eigenvalue weighted by atomic mass is 31.2. The van der Waals surface area contributed by atoms with Gasteiger partial charge in [0, 0.05) is 6.92 Å². The van der Waals surface area contributed by atoms with Crippen LogP contribution in [0.2, 0.25) is 0 Å². The van der Waals surface area contributed by atoms with Crippen LogP contribution in [0.25, 0.3) is 0 Å². The highest BCUT2D eigenvalue weighted by molar-refractivity contribution is 7.72. The molecular formula is C15H30O8P2. The molecule has 0 aliphatic heterocycles. The fraction of sp³-hybridized carbons (Fsp3) is 0.800. The number of esters is 1. The molecule has 0 unspecified atom stereocenters. The van der Waals surface area contributed by atoms with Crippen LogP contribution in [0.15, 0.2) is 12.2 Å². The molecule has 0 aromatic carbocycles. The van der Waals surface area contributed by atoms with E-state index in [0.29, 0.717) is 0 Å². The third-order valence-electron chi connectivity index (χ3n) is 2.86. The minimum absolute atomic E-state index is 0.0587. The third kappa shape index (κ3) is 8.63. The molecule has 0 amide bonds. The summed E-state index contributed by atoms with van der Waals surface area (Å²) in [6.45, 7) is 8.56. The van der Waals surface area contributed by atoms with Crippen LogP contribution in [0.1, 0.15) is 41.0 Å². The Hall–Kier alpha value is -0.490. The molecule has 0 spiro atoms. The lowest BCUT2D eigenvalue weighted by Gasteiger charge is -2.30. The van der Waals surface area contributed by atoms with Crippen molar-refractivity contribution in [2.75, 3.05) is 33.0 Å². The summed E-state index contributed by atoms with van der Waals surface area (Å²) in [7, 11) is -7.50. The summed E-state index contributed by atoms with van der Waals surface area (Å²) in [5.74, 6) is -0.412. The number of ether oxygens (including phenoxy) is 1. The number of carbonyl (C=O) groups excluding carboxylic acids is 1. The highest BCUT2D eigenvalue weighted by Crippen LogP contribution is 2.71. The number of hydrogen-bond acceptors (Lipinski definition) is 8. The van der Waals surface area contributed by atoms with E-state index in [9.17, 15) is 13.9 Å². The number of allylic oxidation sites excluding steroid dienone is 1. The van der Waals surface area contributed by atoms with E-state index in [1.165, 1.54) is 6.92 Å². The largest absolute Gasteiger partial charge is 0.462 e. The van der Waals surface area contributed by atoms with Gasteiger partial charge >= 0.3 is 21.2 Å². The van der Waals surface area contributed by atoms with Crippen LogP contribution in [0, 0.1) is 0 Å².